The van der Waals surface area contributed by atoms with E-state index < -0.39 is 25.0 Å². The number of benzene rings is 1. The summed E-state index contributed by atoms with van der Waals surface area (Å²) in [4.78, 5) is 4.98. The number of aromatic nitrogens is 1. The lowest BCUT2D eigenvalue weighted by molar-refractivity contribution is -0.0186. The Morgan fingerprint density at radius 2 is 1.14 bits per heavy atom. The summed E-state index contributed by atoms with van der Waals surface area (Å²) in [5.41, 5.74) is 3.13. The third kappa shape index (κ3) is 7.92. The van der Waals surface area contributed by atoms with Crippen molar-refractivity contribution in [1.82, 2.24) is 4.98 Å². The van der Waals surface area contributed by atoms with E-state index in [2.05, 4.69) is 138 Å². The van der Waals surface area contributed by atoms with Gasteiger partial charge in [0.2, 0.25) is 0 Å². The molecule has 4 atom stereocenters. The minimum atomic E-state index is -2.19. The first-order valence-corrected chi connectivity index (χ1v) is 24.4. The second kappa shape index (κ2) is 12.3. The summed E-state index contributed by atoms with van der Waals surface area (Å²) in [6, 6.07) is 14.6. The van der Waals surface area contributed by atoms with Crippen LogP contribution in [0.4, 0.5) is 0 Å². The molecule has 3 rings (SSSR count). The molecule has 0 amide bonds. The van der Waals surface area contributed by atoms with Crippen LogP contribution in [0.15, 0.2) is 48.7 Å². The number of hydrogen-bond acceptors (Lipinski definition) is 5. The van der Waals surface area contributed by atoms with Gasteiger partial charge < -0.3 is 18.0 Å². The quantitative estimate of drug-likeness (QED) is 0.258. The molecule has 0 N–H and O–H groups in total. The first-order chi connectivity index (χ1) is 19.0. The molecular formula is C34H59NO4Si3. The highest BCUT2D eigenvalue weighted by atomic mass is 28.4. The average molecular weight is 630 g/mol. The Bertz CT molecular complexity index is 1160. The third-order valence-corrected chi connectivity index (χ3v) is 23.8. The first-order valence-electron chi connectivity index (χ1n) is 15.6. The summed E-state index contributed by atoms with van der Waals surface area (Å²) in [7, 11) is -6.39. The van der Waals surface area contributed by atoms with Crippen LogP contribution in [0.25, 0.3) is 11.1 Å². The molecule has 1 aromatic carbocycles. The van der Waals surface area contributed by atoms with Gasteiger partial charge >= 0.3 is 0 Å². The normalized spacial score (nSPS) is 22.9. The molecule has 0 bridgehead atoms. The third-order valence-electron chi connectivity index (χ3n) is 10.4. The summed E-state index contributed by atoms with van der Waals surface area (Å²) in [5.74, 6) is 0. The maximum absolute atomic E-state index is 7.27. The Hall–Kier alpha value is -1.14. The molecule has 8 heteroatoms. The van der Waals surface area contributed by atoms with Crippen LogP contribution >= 0.6 is 0 Å². The minimum absolute atomic E-state index is 0.0411. The summed E-state index contributed by atoms with van der Waals surface area (Å²) >= 11 is 0. The number of pyridine rings is 1. The van der Waals surface area contributed by atoms with Crippen LogP contribution in [0.3, 0.4) is 0 Å². The van der Waals surface area contributed by atoms with E-state index >= 15 is 0 Å². The van der Waals surface area contributed by atoms with Crippen molar-refractivity contribution in [3.8, 4) is 11.1 Å². The van der Waals surface area contributed by atoms with Crippen LogP contribution in [0.2, 0.25) is 54.4 Å². The first kappa shape index (κ1) is 35.3. The van der Waals surface area contributed by atoms with Gasteiger partial charge in [-0.2, -0.15) is 0 Å². The number of nitrogens with zero attached hydrogens (tertiary/aromatic N) is 1. The fraction of sp³-hybridized carbons (Fsp3) is 0.676. The summed E-state index contributed by atoms with van der Waals surface area (Å²) in [6.07, 6.45) is 0.851. The van der Waals surface area contributed by atoms with Gasteiger partial charge in [-0.1, -0.05) is 98.7 Å². The molecule has 0 radical (unpaired) electrons. The molecule has 1 aliphatic heterocycles. The van der Waals surface area contributed by atoms with E-state index in [9.17, 15) is 0 Å². The Balaban J connectivity index is 2.08. The molecule has 0 saturated carbocycles. The Morgan fingerprint density at radius 3 is 1.60 bits per heavy atom. The second-order valence-electron chi connectivity index (χ2n) is 16.7. The van der Waals surface area contributed by atoms with Crippen molar-refractivity contribution >= 4 is 25.0 Å². The van der Waals surface area contributed by atoms with E-state index in [4.69, 9.17) is 23.0 Å². The van der Waals surface area contributed by atoms with Gasteiger partial charge in [0.15, 0.2) is 25.0 Å². The van der Waals surface area contributed by atoms with E-state index in [-0.39, 0.29) is 39.5 Å². The number of ether oxygens (including phenoxy) is 1. The molecule has 1 saturated heterocycles. The molecule has 236 valence electrons. The fourth-order valence-electron chi connectivity index (χ4n) is 4.29. The summed E-state index contributed by atoms with van der Waals surface area (Å²) in [5, 5.41) is 0.194. The highest BCUT2D eigenvalue weighted by molar-refractivity contribution is 6.75. The topological polar surface area (TPSA) is 49.8 Å². The standard InChI is InChI=1S/C34H59NO4Si3/c1-32(2,3)40(10,11)36-24-28-30(38-41(12,13)33(4,5)6)31(39-42(14,15)34(7,8)9)29(37-28)27-22-21-26(23-35-27)25-19-17-16-18-20-25/h16-23,28-31H,24H2,1-15H3/t28-,29+,30-,31+/m1/s1. The SMILES string of the molecule is CC(C)(C)[Si](C)(C)OC[C@H]1O[C@@H](c2ccc(-c3ccccc3)cn2)[C@H](O[Si](C)(C)C(C)(C)C)[C@@H]1O[Si](C)(C)C(C)(C)C. The predicted octanol–water partition coefficient (Wildman–Crippen LogP) is 9.99. The van der Waals surface area contributed by atoms with Gasteiger partial charge in [-0.15, -0.1) is 0 Å². The number of hydrogen-bond donors (Lipinski definition) is 0. The zero-order chi connectivity index (χ0) is 31.9. The van der Waals surface area contributed by atoms with Crippen LogP contribution in [-0.2, 0) is 18.0 Å². The predicted molar refractivity (Wildman–Crippen MR) is 185 cm³/mol. The Kier molecular flexibility index (Phi) is 10.4. The minimum Gasteiger partial charge on any atom is -0.414 e. The fourth-order valence-corrected chi connectivity index (χ4v) is 7.91. The molecular weight excluding hydrogens is 571 g/mol. The van der Waals surface area contributed by atoms with E-state index in [0.29, 0.717) is 6.61 Å². The molecule has 42 heavy (non-hydrogen) atoms. The van der Waals surface area contributed by atoms with E-state index in [1.165, 1.54) is 0 Å². The Labute approximate surface area is 260 Å². The van der Waals surface area contributed by atoms with Crippen molar-refractivity contribution in [3.05, 3.63) is 54.4 Å². The van der Waals surface area contributed by atoms with Gasteiger partial charge in [-0.05, 0) is 66.0 Å². The highest BCUT2D eigenvalue weighted by Gasteiger charge is 2.55. The number of rotatable bonds is 9. The average Bonchev–Trinajstić information content (AvgIpc) is 3.17. The molecule has 0 spiro atoms. The van der Waals surface area contributed by atoms with E-state index in [0.717, 1.165) is 16.8 Å². The largest absolute Gasteiger partial charge is 0.414 e. The van der Waals surface area contributed by atoms with Crippen molar-refractivity contribution in [2.45, 2.75) is 141 Å². The lowest BCUT2D eigenvalue weighted by Gasteiger charge is -2.44. The maximum atomic E-state index is 7.27. The zero-order valence-electron chi connectivity index (χ0n) is 29.2. The van der Waals surface area contributed by atoms with Crippen LogP contribution in [0, 0.1) is 0 Å². The monoisotopic (exact) mass is 629 g/mol. The van der Waals surface area contributed by atoms with Crippen molar-refractivity contribution in [1.29, 1.82) is 0 Å². The highest BCUT2D eigenvalue weighted by Crippen LogP contribution is 2.47. The van der Waals surface area contributed by atoms with E-state index in [1.807, 2.05) is 12.3 Å². The molecule has 0 unspecified atom stereocenters. The van der Waals surface area contributed by atoms with Crippen LogP contribution in [-0.4, -0.2) is 54.9 Å². The Morgan fingerprint density at radius 1 is 0.643 bits per heavy atom. The van der Waals surface area contributed by atoms with Crippen LogP contribution in [0.1, 0.15) is 74.1 Å². The van der Waals surface area contributed by atoms with Gasteiger partial charge in [0.05, 0.1) is 12.3 Å². The van der Waals surface area contributed by atoms with Gasteiger partial charge in [-0.3, -0.25) is 4.98 Å². The van der Waals surface area contributed by atoms with Crippen molar-refractivity contribution in [3.63, 3.8) is 0 Å². The molecule has 5 nitrogen and oxygen atoms in total. The lowest BCUT2D eigenvalue weighted by Crippen LogP contribution is -2.54. The second-order valence-corrected chi connectivity index (χ2v) is 31.0. The zero-order valence-corrected chi connectivity index (χ0v) is 32.2. The van der Waals surface area contributed by atoms with Crippen LogP contribution < -0.4 is 0 Å². The molecule has 2 heterocycles. The van der Waals surface area contributed by atoms with Crippen molar-refractivity contribution < 1.29 is 18.0 Å². The van der Waals surface area contributed by atoms with Gasteiger partial charge in [0.1, 0.15) is 24.4 Å². The summed E-state index contributed by atoms with van der Waals surface area (Å²) < 4.78 is 28.3. The van der Waals surface area contributed by atoms with Gasteiger partial charge in [-0.25, -0.2) is 0 Å². The lowest BCUT2D eigenvalue weighted by atomic mass is 10.0. The molecule has 1 fully saturated rings. The summed E-state index contributed by atoms with van der Waals surface area (Å²) in [6.45, 7) is 35.0. The molecule has 1 aromatic heterocycles. The smallest absolute Gasteiger partial charge is 0.192 e. The maximum Gasteiger partial charge on any atom is 0.192 e. The van der Waals surface area contributed by atoms with Crippen molar-refractivity contribution in [2.24, 2.45) is 0 Å². The van der Waals surface area contributed by atoms with Crippen molar-refractivity contribution in [2.75, 3.05) is 6.61 Å². The van der Waals surface area contributed by atoms with Crippen LogP contribution in [0.5, 0.6) is 0 Å². The molecule has 2 aromatic rings. The molecule has 0 aliphatic carbocycles. The van der Waals surface area contributed by atoms with Gasteiger partial charge in [0.25, 0.3) is 0 Å². The van der Waals surface area contributed by atoms with Gasteiger partial charge in [0, 0.05) is 11.8 Å². The molecule has 1 aliphatic rings. The van der Waals surface area contributed by atoms with E-state index in [1.54, 1.807) is 0 Å².